The summed E-state index contributed by atoms with van der Waals surface area (Å²) in [6.45, 7) is 1.10. The largest absolute Gasteiger partial charge is 0.319 e. The number of aromatic nitrogens is 4. The first-order valence-corrected chi connectivity index (χ1v) is 8.80. The number of amides is 1. The van der Waals surface area contributed by atoms with Gasteiger partial charge < -0.3 is 5.32 Å². The number of nitrogens with one attached hydrogen (secondary N) is 1. The van der Waals surface area contributed by atoms with Crippen molar-refractivity contribution in [3.05, 3.63) is 102 Å². The fraction of sp³-hybridized carbons (Fsp3) is 0.0952. The zero-order valence-corrected chi connectivity index (χ0v) is 15.0. The highest BCUT2D eigenvalue weighted by Gasteiger charge is 2.09. The summed E-state index contributed by atoms with van der Waals surface area (Å²) in [7, 11) is 0. The lowest BCUT2D eigenvalue weighted by atomic mass is 10.1. The van der Waals surface area contributed by atoms with Gasteiger partial charge in [0.15, 0.2) is 0 Å². The number of benzene rings is 2. The normalized spacial score (nSPS) is 10.8. The highest BCUT2D eigenvalue weighted by molar-refractivity contribution is 6.04. The van der Waals surface area contributed by atoms with Crippen LogP contribution in [0.1, 0.15) is 21.5 Å². The standard InChI is InChI=1S/C21H18FN5O/c22-19-7-5-16(6-8-19)13-27-15-20(12-24-27)25-21(28)18-4-1-3-17(11-18)14-26-10-2-9-23-26/h1-12,15H,13-14H2,(H,25,28). The van der Waals surface area contributed by atoms with E-state index in [1.54, 1.807) is 46.2 Å². The van der Waals surface area contributed by atoms with Crippen LogP contribution in [0.4, 0.5) is 10.1 Å². The molecule has 0 spiro atoms. The topological polar surface area (TPSA) is 64.7 Å². The molecule has 4 rings (SSSR count). The number of halogens is 1. The molecule has 2 aromatic carbocycles. The second-order valence-corrected chi connectivity index (χ2v) is 6.41. The number of anilines is 1. The average Bonchev–Trinajstić information content (AvgIpc) is 3.36. The van der Waals surface area contributed by atoms with Crippen LogP contribution in [-0.2, 0) is 13.1 Å². The van der Waals surface area contributed by atoms with Crippen molar-refractivity contribution < 1.29 is 9.18 Å². The van der Waals surface area contributed by atoms with Gasteiger partial charge in [-0.05, 0) is 41.5 Å². The third-order valence-corrected chi connectivity index (χ3v) is 4.24. The van der Waals surface area contributed by atoms with Gasteiger partial charge in [0.25, 0.3) is 5.91 Å². The molecule has 4 aromatic rings. The molecule has 0 unspecified atom stereocenters. The lowest BCUT2D eigenvalue weighted by Crippen LogP contribution is -2.12. The average molecular weight is 375 g/mol. The molecular weight excluding hydrogens is 357 g/mol. The predicted molar refractivity (Wildman–Crippen MR) is 103 cm³/mol. The van der Waals surface area contributed by atoms with Crippen molar-refractivity contribution in [3.8, 4) is 0 Å². The second-order valence-electron chi connectivity index (χ2n) is 6.41. The molecule has 1 N–H and O–H groups in total. The summed E-state index contributed by atoms with van der Waals surface area (Å²) in [5, 5.41) is 11.3. The minimum atomic E-state index is -0.271. The Bertz CT molecular complexity index is 1070. The molecule has 28 heavy (non-hydrogen) atoms. The monoisotopic (exact) mass is 375 g/mol. The summed E-state index contributed by atoms with van der Waals surface area (Å²) >= 11 is 0. The molecule has 0 aliphatic rings. The van der Waals surface area contributed by atoms with E-state index in [1.165, 1.54) is 12.1 Å². The van der Waals surface area contributed by atoms with E-state index < -0.39 is 0 Å². The van der Waals surface area contributed by atoms with Crippen LogP contribution in [0.2, 0.25) is 0 Å². The summed E-state index contributed by atoms with van der Waals surface area (Å²) in [5.41, 5.74) is 3.08. The summed E-state index contributed by atoms with van der Waals surface area (Å²) in [5.74, 6) is -0.476. The van der Waals surface area contributed by atoms with Crippen molar-refractivity contribution in [2.45, 2.75) is 13.1 Å². The van der Waals surface area contributed by atoms with Gasteiger partial charge in [-0.2, -0.15) is 10.2 Å². The molecule has 2 heterocycles. The van der Waals surface area contributed by atoms with Gasteiger partial charge in [-0.15, -0.1) is 0 Å². The highest BCUT2D eigenvalue weighted by atomic mass is 19.1. The highest BCUT2D eigenvalue weighted by Crippen LogP contribution is 2.12. The van der Waals surface area contributed by atoms with E-state index in [9.17, 15) is 9.18 Å². The maximum Gasteiger partial charge on any atom is 0.255 e. The first-order chi connectivity index (χ1) is 13.7. The third-order valence-electron chi connectivity index (χ3n) is 4.24. The number of nitrogens with zero attached hydrogens (tertiary/aromatic N) is 4. The van der Waals surface area contributed by atoms with Crippen LogP contribution in [0.5, 0.6) is 0 Å². The van der Waals surface area contributed by atoms with E-state index in [1.807, 2.05) is 30.5 Å². The Kier molecular flexibility index (Phi) is 4.97. The summed E-state index contributed by atoms with van der Waals surface area (Å²) < 4.78 is 16.5. The smallest absolute Gasteiger partial charge is 0.255 e. The molecule has 0 saturated carbocycles. The van der Waals surface area contributed by atoms with Crippen LogP contribution >= 0.6 is 0 Å². The van der Waals surface area contributed by atoms with Crippen LogP contribution in [0.25, 0.3) is 0 Å². The van der Waals surface area contributed by atoms with Crippen molar-refractivity contribution >= 4 is 11.6 Å². The third kappa shape index (κ3) is 4.32. The molecule has 1 amide bonds. The molecule has 0 radical (unpaired) electrons. The fourth-order valence-corrected chi connectivity index (χ4v) is 2.89. The van der Waals surface area contributed by atoms with Crippen LogP contribution in [0, 0.1) is 5.82 Å². The molecule has 0 atom stereocenters. The van der Waals surface area contributed by atoms with Crippen molar-refractivity contribution in [1.82, 2.24) is 19.6 Å². The van der Waals surface area contributed by atoms with Crippen molar-refractivity contribution in [2.75, 3.05) is 5.32 Å². The maximum atomic E-state index is 13.0. The number of hydrogen-bond donors (Lipinski definition) is 1. The van der Waals surface area contributed by atoms with Crippen LogP contribution < -0.4 is 5.32 Å². The lowest BCUT2D eigenvalue weighted by Gasteiger charge is -2.06. The van der Waals surface area contributed by atoms with E-state index in [0.717, 1.165) is 11.1 Å². The molecule has 0 saturated heterocycles. The quantitative estimate of drug-likeness (QED) is 0.560. The van der Waals surface area contributed by atoms with Gasteiger partial charge in [0, 0.05) is 24.2 Å². The molecule has 0 aliphatic heterocycles. The van der Waals surface area contributed by atoms with Crippen molar-refractivity contribution in [2.24, 2.45) is 0 Å². The van der Waals surface area contributed by atoms with Crippen LogP contribution in [0.15, 0.2) is 79.4 Å². The van der Waals surface area contributed by atoms with Gasteiger partial charge >= 0.3 is 0 Å². The Balaban J connectivity index is 1.41. The zero-order chi connectivity index (χ0) is 19.3. The SMILES string of the molecule is O=C(Nc1cnn(Cc2ccc(F)cc2)c1)c1cccc(Cn2cccn2)c1. The number of rotatable bonds is 6. The minimum absolute atomic E-state index is 0.205. The zero-order valence-electron chi connectivity index (χ0n) is 15.0. The van der Waals surface area contributed by atoms with E-state index in [0.29, 0.717) is 24.3 Å². The summed E-state index contributed by atoms with van der Waals surface area (Å²) in [6, 6.07) is 15.5. The van der Waals surface area contributed by atoms with Gasteiger partial charge in [0.2, 0.25) is 0 Å². The van der Waals surface area contributed by atoms with E-state index >= 15 is 0 Å². The number of hydrogen-bond acceptors (Lipinski definition) is 3. The first-order valence-electron chi connectivity index (χ1n) is 8.80. The van der Waals surface area contributed by atoms with Crippen LogP contribution in [-0.4, -0.2) is 25.5 Å². The van der Waals surface area contributed by atoms with Crippen molar-refractivity contribution in [3.63, 3.8) is 0 Å². The molecule has 6 nitrogen and oxygen atoms in total. The van der Waals surface area contributed by atoms with Crippen LogP contribution in [0.3, 0.4) is 0 Å². The maximum absolute atomic E-state index is 13.0. The van der Waals surface area contributed by atoms with Gasteiger partial charge in [0.05, 0.1) is 25.0 Å². The van der Waals surface area contributed by atoms with Gasteiger partial charge in [-0.25, -0.2) is 4.39 Å². The second kappa shape index (κ2) is 7.87. The van der Waals surface area contributed by atoms with E-state index in [-0.39, 0.29) is 11.7 Å². The number of carbonyl (C=O) groups excluding carboxylic acids is 1. The first kappa shape index (κ1) is 17.7. The van der Waals surface area contributed by atoms with Crippen molar-refractivity contribution in [1.29, 1.82) is 0 Å². The van der Waals surface area contributed by atoms with Gasteiger partial charge in [0.1, 0.15) is 5.82 Å². The Morgan fingerprint density at radius 3 is 2.57 bits per heavy atom. The molecule has 0 bridgehead atoms. The molecule has 7 heteroatoms. The Morgan fingerprint density at radius 1 is 0.964 bits per heavy atom. The van der Waals surface area contributed by atoms with Gasteiger partial charge in [-0.3, -0.25) is 14.2 Å². The fourth-order valence-electron chi connectivity index (χ4n) is 2.89. The minimum Gasteiger partial charge on any atom is -0.319 e. The Morgan fingerprint density at radius 2 is 1.79 bits per heavy atom. The molecule has 140 valence electrons. The lowest BCUT2D eigenvalue weighted by molar-refractivity contribution is 0.102. The van der Waals surface area contributed by atoms with E-state index in [2.05, 4.69) is 15.5 Å². The summed E-state index contributed by atoms with van der Waals surface area (Å²) in [6.07, 6.45) is 6.94. The molecule has 0 fully saturated rings. The number of carbonyl (C=O) groups is 1. The molecule has 2 aromatic heterocycles. The Labute approximate surface area is 161 Å². The molecule has 0 aliphatic carbocycles. The van der Waals surface area contributed by atoms with Gasteiger partial charge in [-0.1, -0.05) is 24.3 Å². The summed E-state index contributed by atoms with van der Waals surface area (Å²) in [4.78, 5) is 12.6. The molecular formula is C21H18FN5O. The van der Waals surface area contributed by atoms with E-state index in [4.69, 9.17) is 0 Å². The predicted octanol–water partition coefficient (Wildman–Crippen LogP) is 3.57. The Hall–Kier alpha value is -3.74.